The molecule has 1 aliphatic carbocycles. The van der Waals surface area contributed by atoms with Crippen LogP contribution >= 0.6 is 0 Å². The van der Waals surface area contributed by atoms with Crippen molar-refractivity contribution in [3.05, 3.63) is 35.4 Å². The fraction of sp³-hybridized carbons (Fsp3) is 0.625. The minimum atomic E-state index is 0.0906. The summed E-state index contributed by atoms with van der Waals surface area (Å²) < 4.78 is 6.18. The van der Waals surface area contributed by atoms with E-state index in [0.29, 0.717) is 6.04 Å². The first-order valence-corrected chi connectivity index (χ1v) is 7.25. The quantitative estimate of drug-likeness (QED) is 0.884. The molecule has 1 fully saturated rings. The van der Waals surface area contributed by atoms with Gasteiger partial charge >= 0.3 is 0 Å². The van der Waals surface area contributed by atoms with Gasteiger partial charge in [-0.25, -0.2) is 0 Å². The normalized spacial score (nSPS) is 25.3. The van der Waals surface area contributed by atoms with E-state index in [1.54, 1.807) is 0 Å². The zero-order valence-corrected chi connectivity index (χ0v) is 11.2. The lowest BCUT2D eigenvalue weighted by atomic mass is 9.87. The Morgan fingerprint density at radius 1 is 1.28 bits per heavy atom. The Bertz CT molecular complexity index is 390. The van der Waals surface area contributed by atoms with Gasteiger partial charge in [0.1, 0.15) is 0 Å². The van der Waals surface area contributed by atoms with Gasteiger partial charge in [0.25, 0.3) is 0 Å². The number of nitrogens with one attached hydrogen (secondary N) is 1. The van der Waals surface area contributed by atoms with Gasteiger partial charge in [-0.05, 0) is 36.9 Å². The van der Waals surface area contributed by atoms with Crippen LogP contribution in [0.3, 0.4) is 0 Å². The molecule has 18 heavy (non-hydrogen) atoms. The van der Waals surface area contributed by atoms with Gasteiger partial charge in [0, 0.05) is 25.5 Å². The van der Waals surface area contributed by atoms with Crippen LogP contribution < -0.4 is 5.32 Å². The highest BCUT2D eigenvalue weighted by molar-refractivity contribution is 5.35. The Hall–Kier alpha value is -0.860. The third-order valence-corrected chi connectivity index (χ3v) is 4.32. The van der Waals surface area contributed by atoms with Gasteiger partial charge in [0.2, 0.25) is 0 Å². The van der Waals surface area contributed by atoms with Crippen molar-refractivity contribution in [2.24, 2.45) is 0 Å². The molecule has 0 radical (unpaired) electrons. The molecule has 3 rings (SSSR count). The highest BCUT2D eigenvalue weighted by Gasteiger charge is 2.42. The van der Waals surface area contributed by atoms with Crippen molar-refractivity contribution in [2.45, 2.75) is 50.7 Å². The molecular weight excluding hydrogens is 222 g/mol. The van der Waals surface area contributed by atoms with Crippen LogP contribution in [-0.2, 0) is 17.6 Å². The summed E-state index contributed by atoms with van der Waals surface area (Å²) in [7, 11) is 0. The lowest BCUT2D eigenvalue weighted by Crippen LogP contribution is -2.47. The average Bonchev–Trinajstić information content (AvgIpc) is 2.73. The SMILES string of the molecule is CCCNC1CCOC2(Cc3ccccc3C2)C1. The smallest absolute Gasteiger partial charge is 0.0777 e. The summed E-state index contributed by atoms with van der Waals surface area (Å²) in [6.45, 7) is 4.27. The monoisotopic (exact) mass is 245 g/mol. The Morgan fingerprint density at radius 2 is 2.00 bits per heavy atom. The lowest BCUT2D eigenvalue weighted by molar-refractivity contribution is -0.0813. The molecular formula is C16H23NO. The maximum absolute atomic E-state index is 6.18. The Balaban J connectivity index is 1.70. The van der Waals surface area contributed by atoms with E-state index in [-0.39, 0.29) is 5.60 Å². The molecule has 98 valence electrons. The molecule has 1 unspecified atom stereocenters. The third-order valence-electron chi connectivity index (χ3n) is 4.32. The first kappa shape index (κ1) is 12.2. The average molecular weight is 245 g/mol. The first-order valence-electron chi connectivity index (χ1n) is 7.25. The van der Waals surface area contributed by atoms with Gasteiger partial charge in [-0.1, -0.05) is 31.2 Å². The fourth-order valence-electron chi connectivity index (χ4n) is 3.46. The largest absolute Gasteiger partial charge is 0.374 e. The summed E-state index contributed by atoms with van der Waals surface area (Å²) in [5, 5.41) is 3.67. The van der Waals surface area contributed by atoms with Gasteiger partial charge in [0.05, 0.1) is 5.60 Å². The summed E-state index contributed by atoms with van der Waals surface area (Å²) in [6.07, 6.45) is 5.76. The molecule has 1 aliphatic heterocycles. The molecule has 2 aliphatic rings. The predicted octanol–water partition coefficient (Wildman–Crippen LogP) is 2.70. The summed E-state index contributed by atoms with van der Waals surface area (Å²) in [6, 6.07) is 9.46. The van der Waals surface area contributed by atoms with Gasteiger partial charge in [-0.2, -0.15) is 0 Å². The second-order valence-electron chi connectivity index (χ2n) is 5.80. The Morgan fingerprint density at radius 3 is 2.67 bits per heavy atom. The van der Waals surface area contributed by atoms with E-state index in [9.17, 15) is 0 Å². The second kappa shape index (κ2) is 5.02. The van der Waals surface area contributed by atoms with E-state index in [1.165, 1.54) is 24.0 Å². The molecule has 1 N–H and O–H groups in total. The standard InChI is InChI=1S/C16H23NO/c1-2-8-17-15-7-9-18-16(12-15)10-13-5-3-4-6-14(13)11-16/h3-6,15,17H,2,7-12H2,1H3. The first-order chi connectivity index (χ1) is 8.81. The van der Waals surface area contributed by atoms with Crippen LogP contribution in [0.15, 0.2) is 24.3 Å². The maximum Gasteiger partial charge on any atom is 0.0777 e. The molecule has 1 aromatic carbocycles. The molecule has 1 heterocycles. The fourth-order valence-corrected chi connectivity index (χ4v) is 3.46. The second-order valence-corrected chi connectivity index (χ2v) is 5.80. The van der Waals surface area contributed by atoms with E-state index in [0.717, 1.165) is 32.4 Å². The van der Waals surface area contributed by atoms with Crippen molar-refractivity contribution < 1.29 is 4.74 Å². The van der Waals surface area contributed by atoms with Gasteiger partial charge in [-0.15, -0.1) is 0 Å². The van der Waals surface area contributed by atoms with E-state index in [4.69, 9.17) is 4.74 Å². The van der Waals surface area contributed by atoms with Crippen LogP contribution in [0.5, 0.6) is 0 Å². The Kier molecular flexibility index (Phi) is 3.40. The summed E-state index contributed by atoms with van der Waals surface area (Å²) in [4.78, 5) is 0. The van der Waals surface area contributed by atoms with Crippen molar-refractivity contribution in [1.82, 2.24) is 5.32 Å². The zero-order chi connectivity index (χ0) is 12.4. The summed E-state index contributed by atoms with van der Waals surface area (Å²) >= 11 is 0. The summed E-state index contributed by atoms with van der Waals surface area (Å²) in [5.41, 5.74) is 3.08. The van der Waals surface area contributed by atoms with Crippen molar-refractivity contribution in [3.8, 4) is 0 Å². The third kappa shape index (κ3) is 2.32. The zero-order valence-electron chi connectivity index (χ0n) is 11.2. The lowest BCUT2D eigenvalue weighted by Gasteiger charge is -2.38. The van der Waals surface area contributed by atoms with Crippen LogP contribution in [0.4, 0.5) is 0 Å². The summed E-state index contributed by atoms with van der Waals surface area (Å²) in [5.74, 6) is 0. The van der Waals surface area contributed by atoms with Gasteiger partial charge in [0.15, 0.2) is 0 Å². The molecule has 1 atom stereocenters. The number of hydrogen-bond acceptors (Lipinski definition) is 2. The minimum absolute atomic E-state index is 0.0906. The van der Waals surface area contributed by atoms with Gasteiger partial charge < -0.3 is 10.1 Å². The highest BCUT2D eigenvalue weighted by atomic mass is 16.5. The number of hydrogen-bond donors (Lipinski definition) is 1. The van der Waals surface area contributed by atoms with E-state index in [1.807, 2.05) is 0 Å². The highest BCUT2D eigenvalue weighted by Crippen LogP contribution is 2.38. The van der Waals surface area contributed by atoms with Crippen LogP contribution in [0, 0.1) is 0 Å². The number of ether oxygens (including phenoxy) is 1. The van der Waals surface area contributed by atoms with Crippen molar-refractivity contribution in [3.63, 3.8) is 0 Å². The van der Waals surface area contributed by atoms with Crippen molar-refractivity contribution in [2.75, 3.05) is 13.2 Å². The van der Waals surface area contributed by atoms with E-state index < -0.39 is 0 Å². The van der Waals surface area contributed by atoms with Crippen LogP contribution in [0.1, 0.15) is 37.3 Å². The molecule has 1 spiro atoms. The van der Waals surface area contributed by atoms with Gasteiger partial charge in [-0.3, -0.25) is 0 Å². The van der Waals surface area contributed by atoms with Crippen molar-refractivity contribution >= 4 is 0 Å². The van der Waals surface area contributed by atoms with Crippen LogP contribution in [-0.4, -0.2) is 24.8 Å². The van der Waals surface area contributed by atoms with Crippen LogP contribution in [0.2, 0.25) is 0 Å². The molecule has 2 nitrogen and oxygen atoms in total. The Labute approximate surface area is 110 Å². The molecule has 0 aromatic heterocycles. The molecule has 0 saturated carbocycles. The molecule has 1 aromatic rings. The topological polar surface area (TPSA) is 21.3 Å². The van der Waals surface area contributed by atoms with Crippen LogP contribution in [0.25, 0.3) is 0 Å². The molecule has 1 saturated heterocycles. The number of rotatable bonds is 3. The molecule has 0 amide bonds. The minimum Gasteiger partial charge on any atom is -0.374 e. The number of benzene rings is 1. The number of fused-ring (bicyclic) bond motifs is 1. The predicted molar refractivity (Wildman–Crippen MR) is 73.8 cm³/mol. The maximum atomic E-state index is 6.18. The molecule has 0 bridgehead atoms. The van der Waals surface area contributed by atoms with Crippen molar-refractivity contribution in [1.29, 1.82) is 0 Å². The van der Waals surface area contributed by atoms with E-state index >= 15 is 0 Å². The molecule has 2 heteroatoms. The van der Waals surface area contributed by atoms with E-state index in [2.05, 4.69) is 36.5 Å².